The predicted octanol–water partition coefficient (Wildman–Crippen LogP) is 0.442. The van der Waals surface area contributed by atoms with Crippen molar-refractivity contribution in [2.24, 2.45) is 0 Å². The first-order chi connectivity index (χ1) is 8.47. The average Bonchev–Trinajstić information content (AvgIpc) is 2.31. The van der Waals surface area contributed by atoms with Gasteiger partial charge >= 0.3 is 0 Å². The fourth-order valence-corrected chi connectivity index (χ4v) is 1.61. The summed E-state index contributed by atoms with van der Waals surface area (Å²) in [7, 11) is 1.55. The third-order valence-corrected chi connectivity index (χ3v) is 2.62. The molecule has 0 aliphatic heterocycles. The number of aromatic nitrogens is 1. The van der Waals surface area contributed by atoms with E-state index in [1.54, 1.807) is 20.9 Å². The van der Waals surface area contributed by atoms with Crippen LogP contribution in [0.25, 0.3) is 0 Å². The number of carbonyl (C=O) groups is 1. The predicted molar refractivity (Wildman–Crippen MR) is 66.1 cm³/mol. The van der Waals surface area contributed by atoms with Crippen molar-refractivity contribution in [3.63, 3.8) is 0 Å². The van der Waals surface area contributed by atoms with Crippen LogP contribution < -0.4 is 10.6 Å². The van der Waals surface area contributed by atoms with E-state index in [1.807, 2.05) is 0 Å². The Hall–Kier alpha value is -2.02. The van der Waals surface area contributed by atoms with Crippen LogP contribution in [-0.2, 0) is 11.3 Å². The van der Waals surface area contributed by atoms with Gasteiger partial charge in [0.15, 0.2) is 0 Å². The van der Waals surface area contributed by atoms with E-state index in [2.05, 4.69) is 15.6 Å². The second-order valence-corrected chi connectivity index (χ2v) is 3.90. The van der Waals surface area contributed by atoms with Crippen molar-refractivity contribution in [2.75, 3.05) is 13.6 Å². The minimum absolute atomic E-state index is 0.0849. The quantitative estimate of drug-likeness (QED) is 0.585. The summed E-state index contributed by atoms with van der Waals surface area (Å²) in [6.45, 7) is 3.79. The molecule has 2 N–H and O–H groups in total. The number of amides is 1. The topological polar surface area (TPSA) is 97.2 Å². The molecule has 0 aliphatic carbocycles. The highest BCUT2D eigenvalue weighted by molar-refractivity contribution is 5.77. The molecule has 0 atom stereocenters. The number of aryl methyl sites for hydroxylation is 1. The first-order valence-electron chi connectivity index (χ1n) is 5.48. The Morgan fingerprint density at radius 1 is 1.50 bits per heavy atom. The molecule has 0 aliphatic rings. The molecule has 18 heavy (non-hydrogen) atoms. The van der Waals surface area contributed by atoms with Gasteiger partial charge in [0.05, 0.1) is 17.2 Å². The van der Waals surface area contributed by atoms with Crippen molar-refractivity contribution >= 4 is 11.6 Å². The van der Waals surface area contributed by atoms with Gasteiger partial charge in [-0.3, -0.25) is 19.9 Å². The van der Waals surface area contributed by atoms with Crippen LogP contribution in [0, 0.1) is 24.0 Å². The number of likely N-dealkylation sites (N-methyl/N-ethyl adjacent to an activating group) is 1. The van der Waals surface area contributed by atoms with Gasteiger partial charge < -0.3 is 10.6 Å². The average molecular weight is 252 g/mol. The first kappa shape index (κ1) is 14.0. The molecule has 0 saturated carbocycles. The van der Waals surface area contributed by atoms with Crippen LogP contribution in [0.4, 0.5) is 5.69 Å². The molecule has 1 rings (SSSR count). The van der Waals surface area contributed by atoms with E-state index in [-0.39, 0.29) is 18.1 Å². The molecule has 98 valence electrons. The lowest BCUT2D eigenvalue weighted by Gasteiger charge is -2.08. The Balaban J connectivity index is 2.82. The van der Waals surface area contributed by atoms with Gasteiger partial charge in [0, 0.05) is 30.9 Å². The van der Waals surface area contributed by atoms with Crippen LogP contribution in [0.2, 0.25) is 0 Å². The van der Waals surface area contributed by atoms with Gasteiger partial charge in [-0.25, -0.2) is 0 Å². The van der Waals surface area contributed by atoms with Gasteiger partial charge in [0.1, 0.15) is 0 Å². The van der Waals surface area contributed by atoms with Crippen molar-refractivity contribution in [3.8, 4) is 0 Å². The van der Waals surface area contributed by atoms with Gasteiger partial charge in [-0.05, 0) is 13.8 Å². The number of hydrogen-bond acceptors (Lipinski definition) is 5. The summed E-state index contributed by atoms with van der Waals surface area (Å²) in [5.41, 5.74) is 1.73. The maximum Gasteiger partial charge on any atom is 0.278 e. The van der Waals surface area contributed by atoms with E-state index in [1.165, 1.54) is 6.20 Å². The monoisotopic (exact) mass is 252 g/mol. The minimum atomic E-state index is -0.408. The van der Waals surface area contributed by atoms with Gasteiger partial charge in [0.25, 0.3) is 5.69 Å². The van der Waals surface area contributed by atoms with Crippen molar-refractivity contribution in [1.82, 2.24) is 15.6 Å². The molecule has 0 spiro atoms. The fraction of sp³-hybridized carbons (Fsp3) is 0.455. The molecule has 1 aromatic rings. The Labute approximate surface area is 105 Å². The third kappa shape index (κ3) is 3.24. The highest BCUT2D eigenvalue weighted by Gasteiger charge is 2.18. The lowest BCUT2D eigenvalue weighted by Crippen LogP contribution is -2.31. The summed E-state index contributed by atoms with van der Waals surface area (Å²) in [4.78, 5) is 25.7. The lowest BCUT2D eigenvalue weighted by molar-refractivity contribution is -0.386. The molecule has 7 heteroatoms. The van der Waals surface area contributed by atoms with E-state index >= 15 is 0 Å². The lowest BCUT2D eigenvalue weighted by atomic mass is 10.1. The van der Waals surface area contributed by atoms with Crippen molar-refractivity contribution in [2.45, 2.75) is 20.4 Å². The van der Waals surface area contributed by atoms with E-state index < -0.39 is 4.92 Å². The second-order valence-electron chi connectivity index (χ2n) is 3.90. The van der Waals surface area contributed by atoms with Crippen LogP contribution in [-0.4, -0.2) is 29.4 Å². The Morgan fingerprint density at radius 3 is 2.72 bits per heavy atom. The van der Waals surface area contributed by atoms with Gasteiger partial charge in [-0.15, -0.1) is 0 Å². The van der Waals surface area contributed by atoms with Crippen molar-refractivity contribution < 1.29 is 9.72 Å². The summed E-state index contributed by atoms with van der Waals surface area (Å²) in [5.74, 6) is -0.144. The molecular weight excluding hydrogens is 236 g/mol. The fourth-order valence-electron chi connectivity index (χ4n) is 1.61. The smallest absolute Gasteiger partial charge is 0.278 e. The molecule has 1 amide bonds. The van der Waals surface area contributed by atoms with Gasteiger partial charge in [0.2, 0.25) is 5.91 Å². The zero-order chi connectivity index (χ0) is 13.7. The van der Waals surface area contributed by atoms with Crippen LogP contribution in [0.15, 0.2) is 6.20 Å². The SMILES string of the molecule is CNC(=O)CNCc1ncc(C)c([N+](=O)[O-])c1C. The maximum absolute atomic E-state index is 11.0. The molecular formula is C11H16N4O3. The highest BCUT2D eigenvalue weighted by Crippen LogP contribution is 2.23. The third-order valence-electron chi connectivity index (χ3n) is 2.62. The summed E-state index contributed by atoms with van der Waals surface area (Å²) in [5, 5.41) is 16.3. The summed E-state index contributed by atoms with van der Waals surface area (Å²) in [6.07, 6.45) is 1.47. The summed E-state index contributed by atoms with van der Waals surface area (Å²) in [6, 6.07) is 0. The second kappa shape index (κ2) is 6.06. The first-order valence-corrected chi connectivity index (χ1v) is 5.48. The molecule has 7 nitrogen and oxygen atoms in total. The number of hydrogen-bond donors (Lipinski definition) is 2. The largest absolute Gasteiger partial charge is 0.358 e. The molecule has 0 radical (unpaired) electrons. The molecule has 0 fully saturated rings. The summed E-state index contributed by atoms with van der Waals surface area (Å²) < 4.78 is 0. The number of nitrogens with zero attached hydrogens (tertiary/aromatic N) is 2. The summed E-state index contributed by atoms with van der Waals surface area (Å²) >= 11 is 0. The minimum Gasteiger partial charge on any atom is -0.358 e. The standard InChI is InChI=1S/C11H16N4O3/c1-7-4-14-9(5-13-6-10(16)12-3)8(2)11(7)15(17)18/h4,13H,5-6H2,1-3H3,(H,12,16). The Morgan fingerprint density at radius 2 is 2.17 bits per heavy atom. The molecule has 0 saturated heterocycles. The van der Waals surface area contributed by atoms with Crippen molar-refractivity contribution in [1.29, 1.82) is 0 Å². The maximum atomic E-state index is 11.0. The number of carbonyl (C=O) groups excluding carboxylic acids is 1. The molecule has 1 aromatic heterocycles. The number of rotatable bonds is 5. The van der Waals surface area contributed by atoms with Gasteiger partial charge in [-0.2, -0.15) is 0 Å². The highest BCUT2D eigenvalue weighted by atomic mass is 16.6. The van der Waals surface area contributed by atoms with Crippen molar-refractivity contribution in [3.05, 3.63) is 33.1 Å². The molecule has 0 unspecified atom stereocenters. The number of nitrogens with one attached hydrogen (secondary N) is 2. The Bertz CT molecular complexity index is 474. The van der Waals surface area contributed by atoms with Gasteiger partial charge in [-0.1, -0.05) is 0 Å². The van der Waals surface area contributed by atoms with Crippen LogP contribution >= 0.6 is 0 Å². The van der Waals surface area contributed by atoms with E-state index in [9.17, 15) is 14.9 Å². The zero-order valence-electron chi connectivity index (χ0n) is 10.6. The zero-order valence-corrected chi connectivity index (χ0v) is 10.6. The van der Waals surface area contributed by atoms with Crippen LogP contribution in [0.1, 0.15) is 16.8 Å². The Kier molecular flexibility index (Phi) is 4.73. The van der Waals surface area contributed by atoms with E-state index in [0.717, 1.165) is 0 Å². The van der Waals surface area contributed by atoms with E-state index in [0.29, 0.717) is 23.4 Å². The van der Waals surface area contributed by atoms with Crippen LogP contribution in [0.5, 0.6) is 0 Å². The van der Waals surface area contributed by atoms with Crippen LogP contribution in [0.3, 0.4) is 0 Å². The molecule has 0 aromatic carbocycles. The number of nitro groups is 1. The number of pyridine rings is 1. The molecule has 0 bridgehead atoms. The molecule has 1 heterocycles. The normalized spacial score (nSPS) is 10.2. The van der Waals surface area contributed by atoms with E-state index in [4.69, 9.17) is 0 Å².